The topological polar surface area (TPSA) is 26.0 Å². The Morgan fingerprint density at radius 1 is 1.30 bits per heavy atom. The first-order valence-corrected chi connectivity index (χ1v) is 3.25. The van der Waals surface area contributed by atoms with Crippen molar-refractivity contribution in [1.29, 1.82) is 0 Å². The predicted octanol–water partition coefficient (Wildman–Crippen LogP) is 1.80. The lowest BCUT2D eigenvalue weighted by atomic mass is 9.80. The van der Waals surface area contributed by atoms with Crippen LogP contribution in [0, 0.1) is 5.92 Å². The molecule has 0 unspecified atom stereocenters. The van der Waals surface area contributed by atoms with Crippen molar-refractivity contribution in [2.75, 3.05) is 0 Å². The Kier molecular flexibility index (Phi) is 4.13. The van der Waals surface area contributed by atoms with Crippen LogP contribution in [0.4, 0.5) is 8.78 Å². The van der Waals surface area contributed by atoms with Crippen LogP contribution >= 0.6 is 12.4 Å². The van der Waals surface area contributed by atoms with Crippen LogP contribution in [0.3, 0.4) is 0 Å². The van der Waals surface area contributed by atoms with E-state index in [9.17, 15) is 8.78 Å². The van der Waals surface area contributed by atoms with E-state index in [1.807, 2.05) is 0 Å². The van der Waals surface area contributed by atoms with Crippen LogP contribution in [0.15, 0.2) is 0 Å². The minimum Gasteiger partial charge on any atom is -0.323 e. The summed E-state index contributed by atoms with van der Waals surface area (Å²) in [5.41, 5.74) is 5.17. The zero-order valence-corrected chi connectivity index (χ0v) is 6.41. The van der Waals surface area contributed by atoms with E-state index in [2.05, 4.69) is 0 Å². The van der Waals surface area contributed by atoms with Crippen LogP contribution in [0.1, 0.15) is 19.3 Å². The van der Waals surface area contributed by atoms with Crippen molar-refractivity contribution in [3.63, 3.8) is 0 Å². The Bertz CT molecular complexity index is 95.7. The second kappa shape index (κ2) is 4.09. The van der Waals surface area contributed by atoms with Crippen molar-refractivity contribution in [3.05, 3.63) is 0 Å². The van der Waals surface area contributed by atoms with Gasteiger partial charge in [-0.05, 0) is 18.8 Å². The van der Waals surface area contributed by atoms with Crippen LogP contribution in [-0.2, 0) is 0 Å². The maximum Gasteiger partial charge on any atom is 0.253 e. The standard InChI is InChI=1S/C6H11F2N.ClH/c7-6(8)5(9)4-2-1-3-4;/h4-6H,1-3,9H2;1H/t5-;/m1./s1. The molecule has 0 aliphatic heterocycles. The first-order valence-electron chi connectivity index (χ1n) is 3.25. The van der Waals surface area contributed by atoms with Gasteiger partial charge < -0.3 is 5.73 Å². The van der Waals surface area contributed by atoms with Gasteiger partial charge >= 0.3 is 0 Å². The SMILES string of the molecule is Cl.N[C@@H](C(F)F)C1CCC1. The van der Waals surface area contributed by atoms with Gasteiger partial charge in [0, 0.05) is 0 Å². The zero-order chi connectivity index (χ0) is 6.85. The largest absolute Gasteiger partial charge is 0.323 e. The third-order valence-electron chi connectivity index (χ3n) is 1.99. The Labute approximate surface area is 65.4 Å². The Morgan fingerprint density at radius 2 is 1.80 bits per heavy atom. The molecule has 1 aliphatic rings. The molecule has 0 heterocycles. The zero-order valence-electron chi connectivity index (χ0n) is 5.59. The summed E-state index contributed by atoms with van der Waals surface area (Å²) in [5, 5.41) is 0. The van der Waals surface area contributed by atoms with Gasteiger partial charge in [-0.2, -0.15) is 0 Å². The van der Waals surface area contributed by atoms with Gasteiger partial charge in [0.2, 0.25) is 0 Å². The van der Waals surface area contributed by atoms with Gasteiger partial charge in [-0.15, -0.1) is 12.4 Å². The van der Waals surface area contributed by atoms with Crippen molar-refractivity contribution in [3.8, 4) is 0 Å². The summed E-state index contributed by atoms with van der Waals surface area (Å²) >= 11 is 0. The molecule has 4 heteroatoms. The van der Waals surface area contributed by atoms with Gasteiger partial charge in [-0.3, -0.25) is 0 Å². The summed E-state index contributed by atoms with van der Waals surface area (Å²) < 4.78 is 23.5. The highest BCUT2D eigenvalue weighted by Gasteiger charge is 2.30. The average Bonchev–Trinajstić information content (AvgIpc) is 1.60. The Morgan fingerprint density at radius 3 is 1.90 bits per heavy atom. The summed E-state index contributed by atoms with van der Waals surface area (Å²) in [5.74, 6) is 0.102. The Hall–Kier alpha value is 0.110. The minimum atomic E-state index is -2.32. The number of hydrogen-bond donors (Lipinski definition) is 1. The van der Waals surface area contributed by atoms with Gasteiger partial charge in [0.25, 0.3) is 6.43 Å². The first-order chi connectivity index (χ1) is 4.22. The molecular weight excluding hydrogens is 160 g/mol. The van der Waals surface area contributed by atoms with E-state index in [0.717, 1.165) is 19.3 Å². The van der Waals surface area contributed by atoms with Gasteiger partial charge in [0.05, 0.1) is 6.04 Å². The molecule has 1 rings (SSSR count). The van der Waals surface area contributed by atoms with Crippen LogP contribution < -0.4 is 5.73 Å². The number of halogens is 3. The van der Waals surface area contributed by atoms with Crippen LogP contribution in [0.5, 0.6) is 0 Å². The summed E-state index contributed by atoms with van der Waals surface area (Å²) in [6.45, 7) is 0. The molecule has 2 N–H and O–H groups in total. The Balaban J connectivity index is 0.000000810. The molecule has 1 aliphatic carbocycles. The number of alkyl halides is 2. The molecule has 0 aromatic heterocycles. The predicted molar refractivity (Wildman–Crippen MR) is 38.6 cm³/mol. The van der Waals surface area contributed by atoms with Crippen LogP contribution in [-0.4, -0.2) is 12.5 Å². The fourth-order valence-corrected chi connectivity index (χ4v) is 1.03. The van der Waals surface area contributed by atoms with Gasteiger partial charge in [-0.1, -0.05) is 6.42 Å². The summed E-state index contributed by atoms with van der Waals surface area (Å²) in [4.78, 5) is 0. The van der Waals surface area contributed by atoms with E-state index >= 15 is 0 Å². The molecule has 0 radical (unpaired) electrons. The van der Waals surface area contributed by atoms with E-state index in [4.69, 9.17) is 5.73 Å². The number of rotatable bonds is 2. The van der Waals surface area contributed by atoms with E-state index in [1.54, 1.807) is 0 Å². The third kappa shape index (κ3) is 2.06. The van der Waals surface area contributed by atoms with E-state index in [1.165, 1.54) is 0 Å². The van der Waals surface area contributed by atoms with Crippen molar-refractivity contribution in [2.45, 2.75) is 31.7 Å². The number of nitrogens with two attached hydrogens (primary N) is 1. The molecule has 1 nitrogen and oxygen atoms in total. The van der Waals surface area contributed by atoms with Crippen molar-refractivity contribution in [2.24, 2.45) is 11.7 Å². The van der Waals surface area contributed by atoms with Gasteiger partial charge in [0.1, 0.15) is 0 Å². The highest BCUT2D eigenvalue weighted by atomic mass is 35.5. The fraction of sp³-hybridized carbons (Fsp3) is 1.00. The van der Waals surface area contributed by atoms with Crippen molar-refractivity contribution < 1.29 is 8.78 Å². The van der Waals surface area contributed by atoms with Crippen molar-refractivity contribution >= 4 is 12.4 Å². The maximum absolute atomic E-state index is 11.8. The van der Waals surface area contributed by atoms with Crippen LogP contribution in [0.2, 0.25) is 0 Å². The third-order valence-corrected chi connectivity index (χ3v) is 1.99. The molecule has 10 heavy (non-hydrogen) atoms. The molecule has 0 spiro atoms. The second-order valence-electron chi connectivity index (χ2n) is 2.60. The molecule has 0 saturated heterocycles. The van der Waals surface area contributed by atoms with E-state index in [0.29, 0.717) is 0 Å². The van der Waals surface area contributed by atoms with Gasteiger partial charge in [0.15, 0.2) is 0 Å². The highest BCUT2D eigenvalue weighted by Crippen LogP contribution is 2.30. The molecule has 1 fully saturated rings. The average molecular weight is 172 g/mol. The smallest absolute Gasteiger partial charge is 0.253 e. The lowest BCUT2D eigenvalue weighted by Crippen LogP contribution is -2.40. The highest BCUT2D eigenvalue weighted by molar-refractivity contribution is 5.85. The van der Waals surface area contributed by atoms with E-state index in [-0.39, 0.29) is 18.3 Å². The lowest BCUT2D eigenvalue weighted by molar-refractivity contribution is 0.0651. The summed E-state index contributed by atoms with van der Waals surface area (Å²) in [7, 11) is 0. The minimum absolute atomic E-state index is 0. The molecule has 0 aromatic rings. The molecule has 1 saturated carbocycles. The van der Waals surface area contributed by atoms with Crippen LogP contribution in [0.25, 0.3) is 0 Å². The first kappa shape index (κ1) is 10.1. The molecule has 0 bridgehead atoms. The molecule has 0 aromatic carbocycles. The normalized spacial score (nSPS) is 21.6. The monoisotopic (exact) mass is 171 g/mol. The molecular formula is C6H12ClF2N. The van der Waals surface area contributed by atoms with Crippen molar-refractivity contribution in [1.82, 2.24) is 0 Å². The van der Waals surface area contributed by atoms with E-state index < -0.39 is 12.5 Å². The summed E-state index contributed by atoms with van der Waals surface area (Å²) in [6.07, 6.45) is 0.539. The maximum atomic E-state index is 11.8. The second-order valence-corrected chi connectivity index (χ2v) is 2.60. The lowest BCUT2D eigenvalue weighted by Gasteiger charge is -2.30. The molecule has 62 valence electrons. The summed E-state index contributed by atoms with van der Waals surface area (Å²) in [6, 6.07) is -0.862. The van der Waals surface area contributed by atoms with Gasteiger partial charge in [-0.25, -0.2) is 8.78 Å². The molecule has 1 atom stereocenters. The molecule has 0 amide bonds. The number of hydrogen-bond acceptors (Lipinski definition) is 1. The quantitative estimate of drug-likeness (QED) is 0.674. The fourth-order valence-electron chi connectivity index (χ4n) is 1.03.